The fourth-order valence-electron chi connectivity index (χ4n) is 1.96. The average Bonchev–Trinajstić information content (AvgIpc) is 2.97. The molecule has 0 saturated heterocycles. The summed E-state index contributed by atoms with van der Waals surface area (Å²) < 4.78 is 5.69. The van der Waals surface area contributed by atoms with Crippen molar-refractivity contribution in [3.63, 3.8) is 0 Å². The Kier molecular flexibility index (Phi) is 3.37. The third-order valence-electron chi connectivity index (χ3n) is 2.94. The van der Waals surface area contributed by atoms with Crippen LogP contribution in [0.1, 0.15) is 4.88 Å². The molecule has 0 spiro atoms. The van der Waals surface area contributed by atoms with Crippen LogP contribution in [0.3, 0.4) is 0 Å². The molecule has 1 aliphatic heterocycles. The van der Waals surface area contributed by atoms with Gasteiger partial charge in [0.2, 0.25) is 0 Å². The Bertz CT molecular complexity index is 569. The number of amides is 1. The SMILES string of the molecule is O=C(NCc1cccs1)C1CNc2ccccc2O1. The second kappa shape index (κ2) is 5.32. The van der Waals surface area contributed by atoms with E-state index in [9.17, 15) is 4.79 Å². The maximum atomic E-state index is 12.0. The lowest BCUT2D eigenvalue weighted by atomic mass is 10.2. The van der Waals surface area contributed by atoms with Gasteiger partial charge in [-0.2, -0.15) is 0 Å². The number of anilines is 1. The first kappa shape index (κ1) is 12.0. The normalized spacial score (nSPS) is 16.9. The summed E-state index contributed by atoms with van der Waals surface area (Å²) in [7, 11) is 0. The van der Waals surface area contributed by atoms with Gasteiger partial charge in [0.15, 0.2) is 6.10 Å². The molecular formula is C14H14N2O2S. The molecule has 0 fully saturated rings. The smallest absolute Gasteiger partial charge is 0.263 e. The molecule has 1 unspecified atom stereocenters. The summed E-state index contributed by atoms with van der Waals surface area (Å²) in [4.78, 5) is 13.2. The minimum absolute atomic E-state index is 0.0876. The highest BCUT2D eigenvalue weighted by Crippen LogP contribution is 2.28. The van der Waals surface area contributed by atoms with Crippen molar-refractivity contribution in [2.75, 3.05) is 11.9 Å². The number of benzene rings is 1. The molecule has 2 heterocycles. The Morgan fingerprint density at radius 1 is 1.37 bits per heavy atom. The van der Waals surface area contributed by atoms with Crippen LogP contribution in [0.4, 0.5) is 5.69 Å². The molecule has 5 heteroatoms. The quantitative estimate of drug-likeness (QED) is 0.902. The van der Waals surface area contributed by atoms with Gasteiger partial charge in [0.25, 0.3) is 5.91 Å². The zero-order valence-electron chi connectivity index (χ0n) is 10.3. The number of fused-ring (bicyclic) bond motifs is 1. The third-order valence-corrected chi connectivity index (χ3v) is 3.82. The van der Waals surface area contributed by atoms with Crippen LogP contribution >= 0.6 is 11.3 Å². The molecule has 19 heavy (non-hydrogen) atoms. The maximum Gasteiger partial charge on any atom is 0.263 e. The van der Waals surface area contributed by atoms with Crippen LogP contribution in [0, 0.1) is 0 Å². The van der Waals surface area contributed by atoms with E-state index < -0.39 is 6.10 Å². The highest BCUT2D eigenvalue weighted by atomic mass is 32.1. The molecule has 3 rings (SSSR count). The third kappa shape index (κ3) is 2.71. The van der Waals surface area contributed by atoms with Gasteiger partial charge in [0, 0.05) is 4.88 Å². The second-order valence-electron chi connectivity index (χ2n) is 4.28. The Balaban J connectivity index is 1.60. The summed E-state index contributed by atoms with van der Waals surface area (Å²) in [5, 5.41) is 8.09. The maximum absolute atomic E-state index is 12.0. The molecule has 2 aromatic rings. The minimum atomic E-state index is -0.477. The number of carbonyl (C=O) groups excluding carboxylic acids is 1. The van der Waals surface area contributed by atoms with Gasteiger partial charge in [0.05, 0.1) is 18.8 Å². The van der Waals surface area contributed by atoms with Crippen LogP contribution in [-0.4, -0.2) is 18.6 Å². The summed E-state index contributed by atoms with van der Waals surface area (Å²) in [6.45, 7) is 1.05. The molecule has 4 nitrogen and oxygen atoms in total. The number of ether oxygens (including phenoxy) is 1. The standard InChI is InChI=1S/C14H14N2O2S/c17-14(16-8-10-4-3-7-19-10)13-9-15-11-5-1-2-6-12(11)18-13/h1-7,13,15H,8-9H2,(H,16,17). The van der Waals surface area contributed by atoms with Crippen molar-refractivity contribution < 1.29 is 9.53 Å². The van der Waals surface area contributed by atoms with Gasteiger partial charge in [-0.25, -0.2) is 0 Å². The van der Waals surface area contributed by atoms with E-state index in [1.165, 1.54) is 0 Å². The summed E-state index contributed by atoms with van der Waals surface area (Å²) >= 11 is 1.63. The van der Waals surface area contributed by atoms with Gasteiger partial charge < -0.3 is 15.4 Å². The molecule has 1 aromatic heterocycles. The van der Waals surface area contributed by atoms with Crippen molar-refractivity contribution in [1.29, 1.82) is 0 Å². The molecule has 2 N–H and O–H groups in total. The highest BCUT2D eigenvalue weighted by Gasteiger charge is 2.25. The molecule has 98 valence electrons. The van der Waals surface area contributed by atoms with E-state index >= 15 is 0 Å². The molecule has 0 radical (unpaired) electrons. The zero-order valence-corrected chi connectivity index (χ0v) is 11.1. The van der Waals surface area contributed by atoms with Crippen molar-refractivity contribution in [2.24, 2.45) is 0 Å². The van der Waals surface area contributed by atoms with Crippen molar-refractivity contribution in [3.8, 4) is 5.75 Å². The van der Waals surface area contributed by atoms with E-state index in [-0.39, 0.29) is 5.91 Å². The first-order valence-corrected chi connectivity index (χ1v) is 7.00. The van der Waals surface area contributed by atoms with E-state index in [1.807, 2.05) is 41.8 Å². The van der Waals surface area contributed by atoms with E-state index in [4.69, 9.17) is 4.74 Å². The van der Waals surface area contributed by atoms with Crippen LogP contribution in [0.25, 0.3) is 0 Å². The fourth-order valence-corrected chi connectivity index (χ4v) is 2.61. The van der Waals surface area contributed by atoms with Gasteiger partial charge in [0.1, 0.15) is 5.75 Å². The second-order valence-corrected chi connectivity index (χ2v) is 5.31. The Labute approximate surface area is 115 Å². The predicted molar refractivity (Wildman–Crippen MR) is 75.5 cm³/mol. The first-order valence-electron chi connectivity index (χ1n) is 6.12. The molecule has 1 aromatic carbocycles. The topological polar surface area (TPSA) is 50.4 Å². The lowest BCUT2D eigenvalue weighted by Crippen LogP contribution is -2.44. The Morgan fingerprint density at radius 3 is 3.11 bits per heavy atom. The van der Waals surface area contributed by atoms with E-state index in [1.54, 1.807) is 11.3 Å². The number of nitrogens with one attached hydrogen (secondary N) is 2. The minimum Gasteiger partial charge on any atom is -0.477 e. The molecule has 0 bridgehead atoms. The van der Waals surface area contributed by atoms with Gasteiger partial charge in [-0.3, -0.25) is 4.79 Å². The molecule has 1 atom stereocenters. The molecule has 1 aliphatic rings. The van der Waals surface area contributed by atoms with Gasteiger partial charge in [-0.15, -0.1) is 11.3 Å². The average molecular weight is 274 g/mol. The number of para-hydroxylation sites is 2. The zero-order chi connectivity index (χ0) is 13.1. The predicted octanol–water partition coefficient (Wildman–Crippen LogP) is 2.24. The monoisotopic (exact) mass is 274 g/mol. The number of rotatable bonds is 3. The fraction of sp³-hybridized carbons (Fsp3) is 0.214. The molecule has 0 saturated carbocycles. The van der Waals surface area contributed by atoms with Crippen molar-refractivity contribution in [1.82, 2.24) is 5.32 Å². The molecule has 0 aliphatic carbocycles. The number of carbonyl (C=O) groups is 1. The van der Waals surface area contributed by atoms with Crippen LogP contribution in [0.15, 0.2) is 41.8 Å². The van der Waals surface area contributed by atoms with Crippen LogP contribution in [-0.2, 0) is 11.3 Å². The van der Waals surface area contributed by atoms with Crippen LogP contribution in [0.2, 0.25) is 0 Å². The van der Waals surface area contributed by atoms with Gasteiger partial charge in [-0.05, 0) is 23.6 Å². The Hall–Kier alpha value is -2.01. The summed E-state index contributed by atoms with van der Waals surface area (Å²) in [6, 6.07) is 11.6. The summed E-state index contributed by atoms with van der Waals surface area (Å²) in [5.41, 5.74) is 0.935. The van der Waals surface area contributed by atoms with E-state index in [0.717, 1.165) is 16.3 Å². The van der Waals surface area contributed by atoms with E-state index in [0.29, 0.717) is 13.1 Å². The van der Waals surface area contributed by atoms with Gasteiger partial charge in [-0.1, -0.05) is 18.2 Å². The highest BCUT2D eigenvalue weighted by molar-refractivity contribution is 7.09. The summed E-state index contributed by atoms with van der Waals surface area (Å²) in [5.74, 6) is 0.639. The van der Waals surface area contributed by atoms with Crippen molar-refractivity contribution in [2.45, 2.75) is 12.6 Å². The Morgan fingerprint density at radius 2 is 2.26 bits per heavy atom. The first-order chi connectivity index (χ1) is 9.33. The number of hydrogen-bond acceptors (Lipinski definition) is 4. The molecular weight excluding hydrogens is 260 g/mol. The van der Waals surface area contributed by atoms with Crippen molar-refractivity contribution in [3.05, 3.63) is 46.7 Å². The lowest BCUT2D eigenvalue weighted by molar-refractivity contribution is -0.127. The summed E-state index contributed by atoms with van der Waals surface area (Å²) in [6.07, 6.45) is -0.477. The molecule has 1 amide bonds. The van der Waals surface area contributed by atoms with Crippen molar-refractivity contribution >= 4 is 22.9 Å². The number of hydrogen-bond donors (Lipinski definition) is 2. The van der Waals surface area contributed by atoms with Gasteiger partial charge >= 0.3 is 0 Å². The van der Waals surface area contributed by atoms with Crippen LogP contribution < -0.4 is 15.4 Å². The largest absolute Gasteiger partial charge is 0.477 e. The lowest BCUT2D eigenvalue weighted by Gasteiger charge is -2.26. The van der Waals surface area contributed by atoms with Crippen LogP contribution in [0.5, 0.6) is 5.75 Å². The van der Waals surface area contributed by atoms with E-state index in [2.05, 4.69) is 10.6 Å². The number of thiophene rings is 1.